The van der Waals surface area contributed by atoms with Crippen LogP contribution < -0.4 is 5.84 Å². The number of nitrogens with zero attached hydrogens (tertiary/aromatic N) is 1. The molecule has 0 spiro atoms. The summed E-state index contributed by atoms with van der Waals surface area (Å²) in [4.78, 5) is 11.0. The largest absolute Gasteiger partial charge is 0.481 e. The van der Waals surface area contributed by atoms with Gasteiger partial charge in [-0.2, -0.15) is 0 Å². The van der Waals surface area contributed by atoms with E-state index in [0.29, 0.717) is 18.3 Å². The third-order valence-electron chi connectivity index (χ3n) is 2.13. The van der Waals surface area contributed by atoms with Crippen LogP contribution in [0.15, 0.2) is 12.3 Å². The highest BCUT2D eigenvalue weighted by atomic mass is 16.4. The van der Waals surface area contributed by atoms with Crippen molar-refractivity contribution in [3.63, 3.8) is 0 Å². The number of carboxylic acid groups (broad SMARTS) is 1. The van der Waals surface area contributed by atoms with Crippen LogP contribution in [0, 0.1) is 17.8 Å². The molecular weight excluding hydrogens is 204 g/mol. The lowest BCUT2D eigenvalue weighted by molar-refractivity contribution is -0.140. The number of aliphatic carboxylic acids is 1. The predicted molar refractivity (Wildman–Crippen MR) is 65.5 cm³/mol. The lowest BCUT2D eigenvalue weighted by Gasteiger charge is -2.17. The molecule has 0 fully saturated rings. The first-order valence-corrected chi connectivity index (χ1v) is 5.75. The molecule has 0 aliphatic rings. The van der Waals surface area contributed by atoms with Crippen LogP contribution in [0.2, 0.25) is 0 Å². The summed E-state index contributed by atoms with van der Waals surface area (Å²) in [5.41, 5.74) is 0. The summed E-state index contributed by atoms with van der Waals surface area (Å²) >= 11 is 0. The van der Waals surface area contributed by atoms with Crippen molar-refractivity contribution in [3.05, 3.63) is 12.3 Å². The van der Waals surface area contributed by atoms with Crippen molar-refractivity contribution in [2.45, 2.75) is 34.1 Å². The zero-order chi connectivity index (χ0) is 12.7. The number of hydrogen-bond donors (Lipinski definition) is 2. The summed E-state index contributed by atoms with van der Waals surface area (Å²) in [5.74, 6) is 5.30. The van der Waals surface area contributed by atoms with Crippen molar-refractivity contribution < 1.29 is 9.90 Å². The summed E-state index contributed by atoms with van der Waals surface area (Å²) in [6, 6.07) is 0. The number of hydrogen-bond acceptors (Lipinski definition) is 3. The first kappa shape index (κ1) is 15.0. The van der Waals surface area contributed by atoms with Gasteiger partial charge in [0.15, 0.2) is 0 Å². The van der Waals surface area contributed by atoms with Gasteiger partial charge in [0.2, 0.25) is 0 Å². The summed E-state index contributed by atoms with van der Waals surface area (Å²) in [6.07, 6.45) is 3.98. The molecule has 4 heteroatoms. The Bertz CT molecular complexity index is 237. The molecule has 0 aromatic heterocycles. The number of carboxylic acids is 1. The van der Waals surface area contributed by atoms with E-state index in [0.717, 1.165) is 6.54 Å². The van der Waals surface area contributed by atoms with Gasteiger partial charge in [-0.25, -0.2) is 5.84 Å². The van der Waals surface area contributed by atoms with Gasteiger partial charge >= 0.3 is 5.97 Å². The van der Waals surface area contributed by atoms with E-state index in [1.54, 1.807) is 17.3 Å². The first-order chi connectivity index (χ1) is 7.32. The average Bonchev–Trinajstić information content (AvgIpc) is 2.09. The minimum absolute atomic E-state index is 0.363. The van der Waals surface area contributed by atoms with Crippen molar-refractivity contribution in [2.75, 3.05) is 6.54 Å². The molecule has 0 heterocycles. The van der Waals surface area contributed by atoms with Gasteiger partial charge in [0.1, 0.15) is 0 Å². The van der Waals surface area contributed by atoms with Crippen LogP contribution in [0.3, 0.4) is 0 Å². The molecule has 0 radical (unpaired) electrons. The monoisotopic (exact) mass is 228 g/mol. The van der Waals surface area contributed by atoms with Crippen molar-refractivity contribution >= 4 is 5.97 Å². The van der Waals surface area contributed by atoms with Gasteiger partial charge in [0, 0.05) is 12.7 Å². The fourth-order valence-electron chi connectivity index (χ4n) is 1.47. The Labute approximate surface area is 98.1 Å². The SMILES string of the molecule is CC(C)C[C@H](C=CN(N)CC(C)C)C(=O)O. The van der Waals surface area contributed by atoms with Crippen LogP contribution in [0.4, 0.5) is 0 Å². The minimum atomic E-state index is -0.789. The number of hydrazine groups is 1. The Kier molecular flexibility index (Phi) is 6.81. The van der Waals surface area contributed by atoms with Crippen molar-refractivity contribution in [1.29, 1.82) is 0 Å². The summed E-state index contributed by atoms with van der Waals surface area (Å²) in [7, 11) is 0. The molecule has 0 saturated carbocycles. The zero-order valence-corrected chi connectivity index (χ0v) is 10.7. The Balaban J connectivity index is 4.27. The molecule has 0 bridgehead atoms. The molecule has 0 aromatic carbocycles. The van der Waals surface area contributed by atoms with Gasteiger partial charge < -0.3 is 10.1 Å². The van der Waals surface area contributed by atoms with Crippen LogP contribution in [-0.2, 0) is 4.79 Å². The van der Waals surface area contributed by atoms with Gasteiger partial charge in [-0.05, 0) is 18.3 Å². The summed E-state index contributed by atoms with van der Waals surface area (Å²) in [6.45, 7) is 8.88. The lowest BCUT2D eigenvalue weighted by atomic mass is 9.97. The Morgan fingerprint density at radius 2 is 1.88 bits per heavy atom. The Morgan fingerprint density at radius 1 is 1.31 bits per heavy atom. The fraction of sp³-hybridized carbons (Fsp3) is 0.750. The second-order valence-corrected chi connectivity index (χ2v) is 5.01. The molecule has 0 aromatic rings. The predicted octanol–water partition coefficient (Wildman–Crippen LogP) is 2.08. The van der Waals surface area contributed by atoms with E-state index in [9.17, 15) is 4.79 Å². The third-order valence-corrected chi connectivity index (χ3v) is 2.13. The van der Waals surface area contributed by atoms with Crippen molar-refractivity contribution in [2.24, 2.45) is 23.6 Å². The molecule has 3 N–H and O–H groups in total. The molecule has 0 unspecified atom stereocenters. The molecule has 0 saturated heterocycles. The Hall–Kier alpha value is -1.03. The third kappa shape index (κ3) is 7.29. The molecule has 0 rings (SSSR count). The van der Waals surface area contributed by atoms with Crippen molar-refractivity contribution in [3.8, 4) is 0 Å². The van der Waals surface area contributed by atoms with Crippen LogP contribution in [0.5, 0.6) is 0 Å². The molecule has 94 valence electrons. The maximum Gasteiger partial charge on any atom is 0.310 e. The van der Waals surface area contributed by atoms with Gasteiger partial charge in [-0.3, -0.25) is 4.79 Å². The van der Waals surface area contributed by atoms with E-state index in [2.05, 4.69) is 13.8 Å². The van der Waals surface area contributed by atoms with Crippen LogP contribution in [0.25, 0.3) is 0 Å². The maximum absolute atomic E-state index is 11.0. The standard InChI is InChI=1S/C12H24N2O2/c1-9(2)7-11(12(15)16)5-6-14(13)8-10(3)4/h5-6,9-11H,7-8,13H2,1-4H3,(H,15,16)/t11-/m0/s1. The van der Waals surface area contributed by atoms with Crippen LogP contribution in [0.1, 0.15) is 34.1 Å². The first-order valence-electron chi connectivity index (χ1n) is 5.75. The topological polar surface area (TPSA) is 66.6 Å². The average molecular weight is 228 g/mol. The number of nitrogens with two attached hydrogens (primary N) is 1. The molecular formula is C12H24N2O2. The normalized spacial score (nSPS) is 13.7. The quantitative estimate of drug-likeness (QED) is 0.517. The number of rotatable bonds is 7. The summed E-state index contributed by atoms with van der Waals surface area (Å²) in [5, 5.41) is 10.5. The highest BCUT2D eigenvalue weighted by Gasteiger charge is 2.15. The maximum atomic E-state index is 11.0. The second kappa shape index (κ2) is 7.28. The summed E-state index contributed by atoms with van der Waals surface area (Å²) < 4.78 is 0. The van der Waals surface area contributed by atoms with Gasteiger partial charge in [0.25, 0.3) is 0 Å². The highest BCUT2D eigenvalue weighted by molar-refractivity contribution is 5.72. The smallest absolute Gasteiger partial charge is 0.310 e. The van der Waals surface area contributed by atoms with Gasteiger partial charge in [-0.1, -0.05) is 33.8 Å². The van der Waals surface area contributed by atoms with E-state index in [1.165, 1.54) is 0 Å². The molecule has 0 aliphatic heterocycles. The van der Waals surface area contributed by atoms with E-state index < -0.39 is 11.9 Å². The Morgan fingerprint density at radius 3 is 2.25 bits per heavy atom. The molecule has 0 aliphatic carbocycles. The van der Waals surface area contributed by atoms with E-state index in [-0.39, 0.29) is 0 Å². The number of carbonyl (C=O) groups is 1. The van der Waals surface area contributed by atoms with E-state index in [4.69, 9.17) is 10.9 Å². The lowest BCUT2D eigenvalue weighted by Crippen LogP contribution is -2.29. The van der Waals surface area contributed by atoms with Gasteiger partial charge in [0.05, 0.1) is 5.92 Å². The van der Waals surface area contributed by atoms with Crippen molar-refractivity contribution in [1.82, 2.24) is 5.01 Å². The zero-order valence-electron chi connectivity index (χ0n) is 10.7. The molecule has 4 nitrogen and oxygen atoms in total. The highest BCUT2D eigenvalue weighted by Crippen LogP contribution is 2.13. The fourth-order valence-corrected chi connectivity index (χ4v) is 1.47. The van der Waals surface area contributed by atoms with E-state index in [1.807, 2.05) is 13.8 Å². The van der Waals surface area contributed by atoms with Crippen LogP contribution in [-0.4, -0.2) is 22.6 Å². The van der Waals surface area contributed by atoms with E-state index >= 15 is 0 Å². The van der Waals surface area contributed by atoms with Crippen LogP contribution >= 0.6 is 0 Å². The molecule has 16 heavy (non-hydrogen) atoms. The molecule has 1 atom stereocenters. The second-order valence-electron chi connectivity index (χ2n) is 5.01. The van der Waals surface area contributed by atoms with Gasteiger partial charge in [-0.15, -0.1) is 0 Å². The minimum Gasteiger partial charge on any atom is -0.481 e. The molecule has 0 amide bonds.